The number of imidazole rings is 1. The van der Waals surface area contributed by atoms with Gasteiger partial charge in [-0.15, -0.1) is 0 Å². The van der Waals surface area contributed by atoms with E-state index in [0.29, 0.717) is 36.5 Å². The van der Waals surface area contributed by atoms with Crippen LogP contribution in [0.2, 0.25) is 0 Å². The molecule has 2 aromatic rings. The van der Waals surface area contributed by atoms with Crippen molar-refractivity contribution in [2.75, 3.05) is 18.8 Å². The number of ether oxygens (including phenoxy) is 3. The van der Waals surface area contributed by atoms with Gasteiger partial charge in [-0.25, -0.2) is 15.0 Å². The minimum Gasteiger partial charge on any atom is -0.382 e. The molecule has 0 unspecified atom stereocenters. The van der Waals surface area contributed by atoms with Crippen molar-refractivity contribution in [1.82, 2.24) is 24.4 Å². The second-order valence-electron chi connectivity index (χ2n) is 8.26. The smallest absolute Gasteiger partial charge is 0.222 e. The molecule has 0 saturated carbocycles. The maximum atomic E-state index is 12.5. The number of nitrogens with two attached hydrogens (primary N) is 1. The van der Waals surface area contributed by atoms with Gasteiger partial charge in [-0.1, -0.05) is 20.3 Å². The average Bonchev–Trinajstić information content (AvgIpc) is 3.36. The number of anilines is 1. The van der Waals surface area contributed by atoms with Gasteiger partial charge >= 0.3 is 0 Å². The van der Waals surface area contributed by atoms with Crippen LogP contribution in [0.4, 0.5) is 5.82 Å². The Morgan fingerprint density at radius 2 is 2.00 bits per heavy atom. The fourth-order valence-corrected chi connectivity index (χ4v) is 4.19. The van der Waals surface area contributed by atoms with Crippen LogP contribution in [0.25, 0.3) is 11.2 Å². The van der Waals surface area contributed by atoms with Crippen molar-refractivity contribution in [1.29, 1.82) is 0 Å². The van der Waals surface area contributed by atoms with Crippen molar-refractivity contribution in [2.45, 2.75) is 77.3 Å². The van der Waals surface area contributed by atoms with Crippen LogP contribution in [0.3, 0.4) is 0 Å². The Morgan fingerprint density at radius 1 is 1.23 bits per heavy atom. The van der Waals surface area contributed by atoms with E-state index in [1.165, 1.54) is 6.33 Å². The van der Waals surface area contributed by atoms with Crippen LogP contribution in [0.15, 0.2) is 12.7 Å². The minimum absolute atomic E-state index is 0.110. The first kappa shape index (κ1) is 21.0. The molecule has 30 heavy (non-hydrogen) atoms. The van der Waals surface area contributed by atoms with E-state index in [0.717, 1.165) is 12.8 Å². The Hall–Kier alpha value is -2.30. The molecule has 2 N–H and O–H groups in total. The summed E-state index contributed by atoms with van der Waals surface area (Å²) in [7, 11) is 0. The Balaban J connectivity index is 1.63. The predicted octanol–water partition coefficient (Wildman–Crippen LogP) is 1.86. The van der Waals surface area contributed by atoms with Crippen LogP contribution in [0.5, 0.6) is 0 Å². The number of nitrogens with zero attached hydrogens (tertiary/aromatic N) is 5. The number of unbranched alkanes of at least 4 members (excludes halogenated alkanes) is 1. The molecular formula is C20H30N6O4. The summed E-state index contributed by atoms with van der Waals surface area (Å²) in [4.78, 5) is 27.1. The second kappa shape index (κ2) is 8.09. The molecule has 0 radical (unpaired) electrons. The third-order valence-electron chi connectivity index (χ3n) is 5.62. The van der Waals surface area contributed by atoms with Crippen LogP contribution in [0.1, 0.15) is 53.2 Å². The van der Waals surface area contributed by atoms with Crippen molar-refractivity contribution in [2.24, 2.45) is 0 Å². The van der Waals surface area contributed by atoms with Crippen LogP contribution >= 0.6 is 0 Å². The van der Waals surface area contributed by atoms with E-state index in [2.05, 4.69) is 21.9 Å². The summed E-state index contributed by atoms with van der Waals surface area (Å²) in [6.45, 7) is 8.92. The number of hydrogen-bond acceptors (Lipinski definition) is 8. The molecular weight excluding hydrogens is 388 g/mol. The fraction of sp³-hybridized carbons (Fsp3) is 0.700. The molecule has 4 rings (SSSR count). The Morgan fingerprint density at radius 3 is 2.73 bits per heavy atom. The van der Waals surface area contributed by atoms with E-state index in [1.807, 2.05) is 30.2 Å². The molecule has 2 aromatic heterocycles. The van der Waals surface area contributed by atoms with Gasteiger partial charge in [-0.3, -0.25) is 9.36 Å². The topological polar surface area (TPSA) is 118 Å². The van der Waals surface area contributed by atoms with Gasteiger partial charge in [-0.2, -0.15) is 0 Å². The quantitative estimate of drug-likeness (QED) is 0.724. The molecule has 164 valence electrons. The van der Waals surface area contributed by atoms with Crippen molar-refractivity contribution in [3.8, 4) is 0 Å². The highest BCUT2D eigenvalue weighted by Crippen LogP contribution is 2.44. The lowest BCUT2D eigenvalue weighted by atomic mass is 10.1. The summed E-state index contributed by atoms with van der Waals surface area (Å²) >= 11 is 0. The lowest BCUT2D eigenvalue weighted by Gasteiger charge is -2.29. The van der Waals surface area contributed by atoms with Crippen LogP contribution in [-0.2, 0) is 19.0 Å². The first-order valence-corrected chi connectivity index (χ1v) is 10.6. The molecule has 2 fully saturated rings. The molecule has 4 atom stereocenters. The SMILES string of the molecule is CCCCN(C[C@H]1O[C@@H](n2cnc3c(N)ncnc32)[C@@H]2OC(C)(C)O[C@@H]21)C(=O)CC. The Bertz CT molecular complexity index is 916. The minimum atomic E-state index is -0.747. The first-order valence-electron chi connectivity index (χ1n) is 10.6. The van der Waals surface area contributed by atoms with Crippen molar-refractivity contribution in [3.05, 3.63) is 12.7 Å². The summed E-state index contributed by atoms with van der Waals surface area (Å²) < 4.78 is 20.6. The van der Waals surface area contributed by atoms with Crippen molar-refractivity contribution in [3.63, 3.8) is 0 Å². The molecule has 10 heteroatoms. The molecule has 0 aliphatic carbocycles. The normalized spacial score (nSPS) is 27.5. The first-order chi connectivity index (χ1) is 14.3. The average molecular weight is 418 g/mol. The maximum absolute atomic E-state index is 12.5. The molecule has 0 bridgehead atoms. The maximum Gasteiger partial charge on any atom is 0.222 e. The molecule has 0 aromatic carbocycles. The molecule has 2 aliphatic rings. The molecule has 4 heterocycles. The fourth-order valence-electron chi connectivity index (χ4n) is 4.19. The number of amides is 1. The molecule has 2 aliphatic heterocycles. The molecule has 10 nitrogen and oxygen atoms in total. The van der Waals surface area contributed by atoms with E-state index in [9.17, 15) is 4.79 Å². The summed E-state index contributed by atoms with van der Waals surface area (Å²) in [5, 5.41) is 0. The van der Waals surface area contributed by atoms with Gasteiger partial charge in [0.25, 0.3) is 0 Å². The highest BCUT2D eigenvalue weighted by atomic mass is 16.8. The van der Waals surface area contributed by atoms with E-state index in [-0.39, 0.29) is 24.2 Å². The van der Waals surface area contributed by atoms with Gasteiger partial charge in [0, 0.05) is 19.5 Å². The van der Waals surface area contributed by atoms with Crippen LogP contribution in [-0.4, -0.2) is 67.5 Å². The summed E-state index contributed by atoms with van der Waals surface area (Å²) in [5.41, 5.74) is 7.03. The Labute approximate surface area is 175 Å². The monoisotopic (exact) mass is 418 g/mol. The molecule has 0 spiro atoms. The zero-order valence-electron chi connectivity index (χ0n) is 17.9. The summed E-state index contributed by atoms with van der Waals surface area (Å²) in [5.74, 6) is -0.324. The van der Waals surface area contributed by atoms with E-state index in [1.54, 1.807) is 6.33 Å². The molecule has 2 saturated heterocycles. The predicted molar refractivity (Wildman–Crippen MR) is 109 cm³/mol. The number of rotatable bonds is 7. The third-order valence-corrected chi connectivity index (χ3v) is 5.62. The van der Waals surface area contributed by atoms with E-state index in [4.69, 9.17) is 19.9 Å². The van der Waals surface area contributed by atoms with Crippen LogP contribution in [0, 0.1) is 0 Å². The lowest BCUT2D eigenvalue weighted by molar-refractivity contribution is -0.198. The van der Waals surface area contributed by atoms with Gasteiger partial charge in [0.1, 0.15) is 30.2 Å². The van der Waals surface area contributed by atoms with Gasteiger partial charge in [0.05, 0.1) is 6.33 Å². The number of carbonyl (C=O) groups excluding carboxylic acids is 1. The third kappa shape index (κ3) is 3.75. The van der Waals surface area contributed by atoms with Gasteiger partial charge in [0.2, 0.25) is 5.91 Å². The van der Waals surface area contributed by atoms with Gasteiger partial charge in [-0.05, 0) is 20.3 Å². The molecule has 1 amide bonds. The largest absolute Gasteiger partial charge is 0.382 e. The van der Waals surface area contributed by atoms with Crippen molar-refractivity contribution >= 4 is 22.9 Å². The summed E-state index contributed by atoms with van der Waals surface area (Å²) in [6.07, 6.45) is 3.97. The second-order valence-corrected chi connectivity index (χ2v) is 8.26. The Kier molecular flexibility index (Phi) is 5.65. The number of nitrogen functional groups attached to an aromatic ring is 1. The van der Waals surface area contributed by atoms with Gasteiger partial charge < -0.3 is 24.8 Å². The highest BCUT2D eigenvalue weighted by Gasteiger charge is 2.56. The highest BCUT2D eigenvalue weighted by molar-refractivity contribution is 5.81. The number of carbonyl (C=O) groups is 1. The zero-order valence-corrected chi connectivity index (χ0v) is 17.9. The lowest BCUT2D eigenvalue weighted by Crippen LogP contribution is -2.43. The summed E-state index contributed by atoms with van der Waals surface area (Å²) in [6, 6.07) is 0. The number of hydrogen-bond donors (Lipinski definition) is 1. The number of fused-ring (bicyclic) bond motifs is 2. The van der Waals surface area contributed by atoms with Crippen LogP contribution < -0.4 is 5.73 Å². The van der Waals surface area contributed by atoms with Gasteiger partial charge in [0.15, 0.2) is 23.5 Å². The number of aromatic nitrogens is 4. The standard InChI is InChI=1S/C20H30N6O4/c1-5-7-8-25(13(27)6-2)9-12-15-16(30-20(3,4)29-15)19(28-12)26-11-24-14-17(21)22-10-23-18(14)26/h10-12,15-16,19H,5-9H2,1-4H3,(H2,21,22,23)/t12-,15-,16-,19-/m1/s1. The van der Waals surface area contributed by atoms with E-state index < -0.39 is 12.0 Å². The van der Waals surface area contributed by atoms with Crippen molar-refractivity contribution < 1.29 is 19.0 Å². The van der Waals surface area contributed by atoms with E-state index >= 15 is 0 Å². The zero-order chi connectivity index (χ0) is 21.5.